The molecule has 5 heteroatoms. The van der Waals surface area contributed by atoms with E-state index in [2.05, 4.69) is 37.5 Å². The van der Waals surface area contributed by atoms with E-state index >= 15 is 0 Å². The summed E-state index contributed by atoms with van der Waals surface area (Å²) < 4.78 is 5.98. The molecular weight excluding hydrogens is 314 g/mol. The average Bonchev–Trinajstić information content (AvgIpc) is 2.60. The maximum atomic E-state index is 12.6. The number of nitrogens with zero attached hydrogens (tertiary/aromatic N) is 1. The minimum absolute atomic E-state index is 0.0278. The third kappa shape index (κ3) is 4.74. The van der Waals surface area contributed by atoms with Crippen molar-refractivity contribution in [3.63, 3.8) is 0 Å². The van der Waals surface area contributed by atoms with Crippen LogP contribution in [0.5, 0.6) is 0 Å². The summed E-state index contributed by atoms with van der Waals surface area (Å²) in [6.07, 6.45) is 8.17. The summed E-state index contributed by atoms with van der Waals surface area (Å²) in [6.45, 7) is 9.28. The maximum Gasteiger partial charge on any atom is 0.238 e. The molecule has 0 spiro atoms. The fraction of sp³-hybridized carbons (Fsp3) is 0.900. The number of amides is 1. The first-order valence-corrected chi connectivity index (χ1v) is 9.95. The maximum absolute atomic E-state index is 12.6. The molecule has 2 fully saturated rings. The van der Waals surface area contributed by atoms with Gasteiger partial charge in [-0.1, -0.05) is 46.5 Å². The normalized spacial score (nSPS) is 28.4. The fourth-order valence-corrected chi connectivity index (χ4v) is 3.96. The van der Waals surface area contributed by atoms with Gasteiger partial charge in [-0.05, 0) is 32.6 Å². The number of ether oxygens (including phenoxy) is 1. The summed E-state index contributed by atoms with van der Waals surface area (Å²) in [5.74, 6) is -0.0606. The Morgan fingerprint density at radius 3 is 2.56 bits per heavy atom. The quantitative estimate of drug-likeness (QED) is 0.660. The molecule has 2 aliphatic carbocycles. The van der Waals surface area contributed by atoms with E-state index in [-0.39, 0.29) is 29.5 Å². The summed E-state index contributed by atoms with van der Waals surface area (Å²) in [5.41, 5.74) is -0.633. The van der Waals surface area contributed by atoms with Crippen LogP contribution in [0.4, 0.5) is 0 Å². The lowest BCUT2D eigenvalue weighted by atomic mass is 9.64. The van der Waals surface area contributed by atoms with E-state index in [1.54, 1.807) is 0 Å². The van der Waals surface area contributed by atoms with Crippen LogP contribution in [0, 0.1) is 16.7 Å². The minimum atomic E-state index is -0.661. The number of nitriles is 1. The Morgan fingerprint density at radius 2 is 2.00 bits per heavy atom. The van der Waals surface area contributed by atoms with Crippen LogP contribution in [-0.4, -0.2) is 36.2 Å². The van der Waals surface area contributed by atoms with Crippen molar-refractivity contribution in [3.8, 4) is 6.07 Å². The molecule has 25 heavy (non-hydrogen) atoms. The molecule has 0 aliphatic heterocycles. The summed E-state index contributed by atoms with van der Waals surface area (Å²) in [4.78, 5) is 12.6. The van der Waals surface area contributed by atoms with Gasteiger partial charge in [0.15, 0.2) is 0 Å². The zero-order valence-electron chi connectivity index (χ0n) is 16.4. The molecule has 2 N–H and O–H groups in total. The van der Waals surface area contributed by atoms with Gasteiger partial charge in [0.2, 0.25) is 5.91 Å². The van der Waals surface area contributed by atoms with Gasteiger partial charge in [-0.3, -0.25) is 4.79 Å². The minimum Gasteiger partial charge on any atom is -0.378 e. The van der Waals surface area contributed by atoms with E-state index in [4.69, 9.17) is 4.74 Å². The molecule has 0 saturated heterocycles. The third-order valence-electron chi connectivity index (χ3n) is 6.12. The Balaban J connectivity index is 1.82. The van der Waals surface area contributed by atoms with E-state index in [1.807, 2.05) is 6.92 Å². The largest absolute Gasteiger partial charge is 0.378 e. The molecule has 0 aromatic rings. The monoisotopic (exact) mass is 349 g/mol. The van der Waals surface area contributed by atoms with Crippen molar-refractivity contribution in [2.45, 2.75) is 103 Å². The van der Waals surface area contributed by atoms with Gasteiger partial charge in [-0.2, -0.15) is 5.26 Å². The molecule has 1 amide bonds. The molecule has 0 radical (unpaired) electrons. The average molecular weight is 350 g/mol. The Labute approximate surface area is 152 Å². The number of nitrogens with one attached hydrogen (secondary N) is 2. The van der Waals surface area contributed by atoms with Gasteiger partial charge in [-0.15, -0.1) is 0 Å². The van der Waals surface area contributed by atoms with E-state index < -0.39 is 5.54 Å². The molecule has 5 nitrogen and oxygen atoms in total. The molecule has 0 aromatic heterocycles. The van der Waals surface area contributed by atoms with Gasteiger partial charge in [0, 0.05) is 18.1 Å². The second-order valence-electron chi connectivity index (χ2n) is 8.45. The first kappa shape index (κ1) is 20.2. The van der Waals surface area contributed by atoms with Gasteiger partial charge in [0.05, 0.1) is 18.2 Å². The van der Waals surface area contributed by atoms with Crippen LogP contribution in [-0.2, 0) is 9.53 Å². The van der Waals surface area contributed by atoms with Crippen molar-refractivity contribution in [2.24, 2.45) is 5.41 Å². The second kappa shape index (κ2) is 8.51. The van der Waals surface area contributed by atoms with Crippen LogP contribution in [0.3, 0.4) is 0 Å². The number of rotatable bonds is 8. The van der Waals surface area contributed by atoms with Crippen LogP contribution >= 0.6 is 0 Å². The predicted molar refractivity (Wildman–Crippen MR) is 99.0 cm³/mol. The highest BCUT2D eigenvalue weighted by molar-refractivity contribution is 5.82. The van der Waals surface area contributed by atoms with E-state index in [1.165, 1.54) is 0 Å². The number of carbonyl (C=O) groups is 1. The Bertz CT molecular complexity index is 492. The highest BCUT2D eigenvalue weighted by Gasteiger charge is 2.49. The molecule has 142 valence electrons. The van der Waals surface area contributed by atoms with Gasteiger partial charge < -0.3 is 15.4 Å². The van der Waals surface area contributed by atoms with Gasteiger partial charge >= 0.3 is 0 Å². The zero-order valence-corrected chi connectivity index (χ0v) is 16.4. The fourth-order valence-electron chi connectivity index (χ4n) is 3.96. The lowest BCUT2D eigenvalue weighted by Crippen LogP contribution is -2.65. The van der Waals surface area contributed by atoms with Crippen LogP contribution in [0.2, 0.25) is 0 Å². The van der Waals surface area contributed by atoms with Crippen LogP contribution in [0.1, 0.15) is 79.1 Å². The molecule has 0 heterocycles. The molecule has 0 bridgehead atoms. The molecule has 3 atom stereocenters. The van der Waals surface area contributed by atoms with E-state index in [0.717, 1.165) is 58.0 Å². The Morgan fingerprint density at radius 1 is 1.32 bits per heavy atom. The first-order valence-electron chi connectivity index (χ1n) is 9.95. The third-order valence-corrected chi connectivity index (χ3v) is 6.12. The lowest BCUT2D eigenvalue weighted by molar-refractivity contribution is -0.132. The molecule has 2 rings (SSSR count). The smallest absolute Gasteiger partial charge is 0.238 e. The predicted octanol–water partition coefficient (Wildman–Crippen LogP) is 3.29. The standard InChI is InChI=1S/C20H35N3O2/c1-5-6-12-25-17-13-16(19(17,3)4)22-15(2)18(24)23-20(14-21)10-8-7-9-11-20/h15-17,22H,5-13H2,1-4H3,(H,23,24)/t15-,16-,17+/m0/s1. The lowest BCUT2D eigenvalue weighted by Gasteiger charge is -2.52. The highest BCUT2D eigenvalue weighted by atomic mass is 16.5. The van der Waals surface area contributed by atoms with Gasteiger partial charge in [-0.25, -0.2) is 0 Å². The van der Waals surface area contributed by atoms with Crippen LogP contribution < -0.4 is 10.6 Å². The van der Waals surface area contributed by atoms with Crippen molar-refractivity contribution >= 4 is 5.91 Å². The van der Waals surface area contributed by atoms with E-state index in [9.17, 15) is 10.1 Å². The highest BCUT2D eigenvalue weighted by Crippen LogP contribution is 2.43. The summed E-state index contributed by atoms with van der Waals surface area (Å²) in [7, 11) is 0. The van der Waals surface area contributed by atoms with Crippen molar-refractivity contribution in [1.29, 1.82) is 5.26 Å². The summed E-state index contributed by atoms with van der Waals surface area (Å²) in [6, 6.07) is 2.33. The van der Waals surface area contributed by atoms with Crippen molar-refractivity contribution in [2.75, 3.05) is 6.61 Å². The number of hydrogen-bond donors (Lipinski definition) is 2. The molecule has 2 saturated carbocycles. The second-order valence-corrected chi connectivity index (χ2v) is 8.45. The summed E-state index contributed by atoms with van der Waals surface area (Å²) >= 11 is 0. The van der Waals surface area contributed by atoms with E-state index in [0.29, 0.717) is 0 Å². The zero-order chi connectivity index (χ0) is 18.5. The Hall–Kier alpha value is -1.12. The van der Waals surface area contributed by atoms with Gasteiger partial charge in [0.1, 0.15) is 5.54 Å². The molecule has 0 aromatic carbocycles. The first-order chi connectivity index (χ1) is 11.8. The molecule has 2 aliphatic rings. The van der Waals surface area contributed by atoms with Gasteiger partial charge in [0.25, 0.3) is 0 Å². The SMILES string of the molecule is CCCCO[C@@H]1C[C@H](N[C@@H](C)C(=O)NC2(C#N)CCCCC2)C1(C)C. The summed E-state index contributed by atoms with van der Waals surface area (Å²) in [5, 5.41) is 16.0. The van der Waals surface area contributed by atoms with Crippen molar-refractivity contribution in [1.82, 2.24) is 10.6 Å². The number of hydrogen-bond acceptors (Lipinski definition) is 4. The Kier molecular flexibility index (Phi) is 6.87. The van der Waals surface area contributed by atoms with Crippen molar-refractivity contribution in [3.05, 3.63) is 0 Å². The van der Waals surface area contributed by atoms with Crippen molar-refractivity contribution < 1.29 is 9.53 Å². The molecular formula is C20H35N3O2. The number of unbranched alkanes of at least 4 members (excludes halogenated alkanes) is 1. The topological polar surface area (TPSA) is 74.2 Å². The van der Waals surface area contributed by atoms with Crippen LogP contribution in [0.15, 0.2) is 0 Å². The van der Waals surface area contributed by atoms with Crippen LogP contribution in [0.25, 0.3) is 0 Å². The molecule has 0 unspecified atom stereocenters. The number of carbonyl (C=O) groups excluding carboxylic acids is 1.